The molecule has 0 amide bonds. The summed E-state index contributed by atoms with van der Waals surface area (Å²) >= 11 is 0. The van der Waals surface area contributed by atoms with Crippen molar-refractivity contribution in [1.82, 2.24) is 9.38 Å². The lowest BCUT2D eigenvalue weighted by atomic mass is 9.88. The molecule has 3 heteroatoms. The molecule has 0 saturated heterocycles. The van der Waals surface area contributed by atoms with Gasteiger partial charge in [-0.05, 0) is 17.0 Å². The first-order valence-electron chi connectivity index (χ1n) is 5.38. The molecule has 2 aromatic rings. The molecule has 0 spiro atoms. The third-order valence-corrected chi connectivity index (χ3v) is 2.73. The number of carbonyl (C=O) groups is 1. The highest BCUT2D eigenvalue weighted by Gasteiger charge is 2.15. The molecule has 0 saturated carbocycles. The minimum atomic E-state index is 0.0403. The molecule has 0 N–H and O–H groups in total. The van der Waals surface area contributed by atoms with E-state index >= 15 is 0 Å². The van der Waals surface area contributed by atoms with E-state index in [4.69, 9.17) is 0 Å². The van der Waals surface area contributed by atoms with E-state index in [0.29, 0.717) is 5.69 Å². The SMILES string of the molecule is CC(=O)c1cnc2ccc(C(C)(C)C)cn12. The van der Waals surface area contributed by atoms with Gasteiger partial charge in [0.25, 0.3) is 0 Å². The largest absolute Gasteiger partial charge is 0.297 e. The number of Topliss-reactive ketones (excluding diaryl/α,β-unsaturated/α-hetero) is 1. The van der Waals surface area contributed by atoms with Crippen molar-refractivity contribution in [2.45, 2.75) is 33.1 Å². The summed E-state index contributed by atoms with van der Waals surface area (Å²) in [5, 5.41) is 0. The Hall–Kier alpha value is -1.64. The minimum Gasteiger partial charge on any atom is -0.297 e. The molecular weight excluding hydrogens is 200 g/mol. The van der Waals surface area contributed by atoms with Crippen LogP contribution in [0.5, 0.6) is 0 Å². The first kappa shape index (κ1) is 10.9. The third-order valence-electron chi connectivity index (χ3n) is 2.73. The van der Waals surface area contributed by atoms with Gasteiger partial charge < -0.3 is 0 Å². The first-order chi connectivity index (χ1) is 7.39. The molecule has 2 heterocycles. The monoisotopic (exact) mass is 216 g/mol. The van der Waals surface area contributed by atoms with Gasteiger partial charge in [-0.25, -0.2) is 4.98 Å². The maximum atomic E-state index is 11.4. The quantitative estimate of drug-likeness (QED) is 0.687. The molecule has 3 nitrogen and oxygen atoms in total. The lowest BCUT2D eigenvalue weighted by molar-refractivity contribution is 0.101. The molecule has 0 aliphatic rings. The van der Waals surface area contributed by atoms with E-state index in [-0.39, 0.29) is 11.2 Å². The van der Waals surface area contributed by atoms with Gasteiger partial charge in [0, 0.05) is 13.1 Å². The number of imidazole rings is 1. The second-order valence-electron chi connectivity index (χ2n) is 5.10. The predicted octanol–water partition coefficient (Wildman–Crippen LogP) is 2.83. The van der Waals surface area contributed by atoms with Gasteiger partial charge in [0.1, 0.15) is 11.3 Å². The van der Waals surface area contributed by atoms with E-state index in [1.807, 2.05) is 16.7 Å². The second kappa shape index (κ2) is 3.44. The topological polar surface area (TPSA) is 34.4 Å². The number of hydrogen-bond donors (Lipinski definition) is 0. The molecule has 0 aliphatic carbocycles. The molecular formula is C13H16N2O. The Morgan fingerprint density at radius 1 is 1.31 bits per heavy atom. The van der Waals surface area contributed by atoms with Gasteiger partial charge in [0.15, 0.2) is 5.78 Å². The Balaban J connectivity index is 2.68. The van der Waals surface area contributed by atoms with E-state index in [1.165, 1.54) is 5.56 Å². The van der Waals surface area contributed by atoms with Crippen LogP contribution in [0.25, 0.3) is 5.65 Å². The Kier molecular flexibility index (Phi) is 2.34. The lowest BCUT2D eigenvalue weighted by Gasteiger charge is -2.19. The summed E-state index contributed by atoms with van der Waals surface area (Å²) in [5.41, 5.74) is 2.73. The predicted molar refractivity (Wildman–Crippen MR) is 63.9 cm³/mol. The fraction of sp³-hybridized carbons (Fsp3) is 0.385. The summed E-state index contributed by atoms with van der Waals surface area (Å²) in [5.74, 6) is 0.0403. The molecule has 0 atom stereocenters. The van der Waals surface area contributed by atoms with Crippen molar-refractivity contribution in [3.63, 3.8) is 0 Å². The van der Waals surface area contributed by atoms with Crippen LogP contribution in [0.15, 0.2) is 24.5 Å². The average molecular weight is 216 g/mol. The van der Waals surface area contributed by atoms with Gasteiger partial charge in [0.05, 0.1) is 6.20 Å². The zero-order chi connectivity index (χ0) is 11.9. The van der Waals surface area contributed by atoms with E-state index < -0.39 is 0 Å². The summed E-state index contributed by atoms with van der Waals surface area (Å²) in [6.45, 7) is 8.02. The second-order valence-corrected chi connectivity index (χ2v) is 5.10. The Morgan fingerprint density at radius 2 is 2.00 bits per heavy atom. The fourth-order valence-electron chi connectivity index (χ4n) is 1.68. The Bertz CT molecular complexity index is 547. The van der Waals surface area contributed by atoms with Crippen molar-refractivity contribution in [3.05, 3.63) is 35.8 Å². The highest BCUT2D eigenvalue weighted by Crippen LogP contribution is 2.22. The Labute approximate surface area is 95.1 Å². The van der Waals surface area contributed by atoms with Crippen LogP contribution in [0.3, 0.4) is 0 Å². The van der Waals surface area contributed by atoms with E-state index in [0.717, 1.165) is 5.65 Å². The van der Waals surface area contributed by atoms with Crippen LogP contribution in [0.2, 0.25) is 0 Å². The van der Waals surface area contributed by atoms with Crippen LogP contribution in [-0.2, 0) is 5.41 Å². The van der Waals surface area contributed by atoms with Crippen LogP contribution >= 0.6 is 0 Å². The van der Waals surface area contributed by atoms with Crippen molar-refractivity contribution in [1.29, 1.82) is 0 Å². The van der Waals surface area contributed by atoms with Crippen molar-refractivity contribution in [2.75, 3.05) is 0 Å². The molecule has 16 heavy (non-hydrogen) atoms. The van der Waals surface area contributed by atoms with Gasteiger partial charge in [-0.15, -0.1) is 0 Å². The standard InChI is InChI=1S/C13H16N2O/c1-9(16)11-7-14-12-6-5-10(8-15(11)12)13(2,3)4/h5-8H,1-4H3. The normalized spacial score (nSPS) is 12.0. The molecule has 0 radical (unpaired) electrons. The van der Waals surface area contributed by atoms with Crippen molar-refractivity contribution in [2.24, 2.45) is 0 Å². The van der Waals surface area contributed by atoms with Crippen LogP contribution in [0, 0.1) is 0 Å². The third kappa shape index (κ3) is 1.73. The first-order valence-corrected chi connectivity index (χ1v) is 5.38. The van der Waals surface area contributed by atoms with Gasteiger partial charge in [-0.3, -0.25) is 9.20 Å². The van der Waals surface area contributed by atoms with Crippen molar-refractivity contribution in [3.8, 4) is 0 Å². The molecule has 2 rings (SSSR count). The van der Waals surface area contributed by atoms with E-state index in [9.17, 15) is 4.79 Å². The lowest BCUT2D eigenvalue weighted by Crippen LogP contribution is -2.12. The average Bonchev–Trinajstić information content (AvgIpc) is 2.58. The number of aromatic nitrogens is 2. The van der Waals surface area contributed by atoms with Gasteiger partial charge in [-0.2, -0.15) is 0 Å². The van der Waals surface area contributed by atoms with Crippen molar-refractivity contribution < 1.29 is 4.79 Å². The molecule has 0 aromatic carbocycles. The Morgan fingerprint density at radius 3 is 2.56 bits per heavy atom. The van der Waals surface area contributed by atoms with Crippen LogP contribution in [0.4, 0.5) is 0 Å². The minimum absolute atomic E-state index is 0.0403. The number of hydrogen-bond acceptors (Lipinski definition) is 2. The number of nitrogens with zero attached hydrogens (tertiary/aromatic N) is 2. The summed E-state index contributed by atoms with van der Waals surface area (Å²) in [7, 11) is 0. The summed E-state index contributed by atoms with van der Waals surface area (Å²) < 4.78 is 1.86. The van der Waals surface area contributed by atoms with Gasteiger partial charge in [-0.1, -0.05) is 26.8 Å². The fourth-order valence-corrected chi connectivity index (χ4v) is 1.68. The van der Waals surface area contributed by atoms with Gasteiger partial charge in [0.2, 0.25) is 0 Å². The number of fused-ring (bicyclic) bond motifs is 1. The summed E-state index contributed by atoms with van der Waals surface area (Å²) in [6.07, 6.45) is 3.63. The zero-order valence-corrected chi connectivity index (χ0v) is 10.1. The van der Waals surface area contributed by atoms with Crippen molar-refractivity contribution >= 4 is 11.4 Å². The number of carbonyl (C=O) groups excluding carboxylic acids is 1. The van der Waals surface area contributed by atoms with Gasteiger partial charge >= 0.3 is 0 Å². The molecule has 84 valence electrons. The maximum Gasteiger partial charge on any atom is 0.178 e. The van der Waals surface area contributed by atoms with E-state index in [2.05, 4.69) is 31.8 Å². The molecule has 0 unspecified atom stereocenters. The molecule has 0 aliphatic heterocycles. The van der Waals surface area contributed by atoms with Crippen LogP contribution < -0.4 is 0 Å². The smallest absolute Gasteiger partial charge is 0.178 e. The van der Waals surface area contributed by atoms with Crippen LogP contribution in [-0.4, -0.2) is 15.2 Å². The molecule has 0 bridgehead atoms. The van der Waals surface area contributed by atoms with Crippen LogP contribution in [0.1, 0.15) is 43.7 Å². The molecule has 0 fully saturated rings. The van der Waals surface area contributed by atoms with E-state index in [1.54, 1.807) is 13.1 Å². The highest BCUT2D eigenvalue weighted by molar-refractivity contribution is 5.93. The zero-order valence-electron chi connectivity index (χ0n) is 10.1. The summed E-state index contributed by atoms with van der Waals surface area (Å²) in [6, 6.07) is 4.01. The number of pyridine rings is 1. The number of rotatable bonds is 1. The molecule has 2 aromatic heterocycles. The highest BCUT2D eigenvalue weighted by atomic mass is 16.1. The number of ketones is 1. The maximum absolute atomic E-state index is 11.4. The summed E-state index contributed by atoms with van der Waals surface area (Å²) in [4.78, 5) is 15.6.